The van der Waals surface area contributed by atoms with Crippen molar-refractivity contribution in [2.45, 2.75) is 25.0 Å². The second-order valence-corrected chi connectivity index (χ2v) is 6.18. The van der Waals surface area contributed by atoms with Gasteiger partial charge in [-0.1, -0.05) is 29.8 Å². The molecule has 2 aromatic rings. The number of pyridine rings is 1. The first-order valence-corrected chi connectivity index (χ1v) is 7.91. The van der Waals surface area contributed by atoms with Crippen LogP contribution >= 0.6 is 11.6 Å². The van der Waals surface area contributed by atoms with Gasteiger partial charge in [-0.15, -0.1) is 0 Å². The predicted molar refractivity (Wildman–Crippen MR) is 89.6 cm³/mol. The number of hydrazine groups is 1. The van der Waals surface area contributed by atoms with Crippen molar-refractivity contribution in [3.63, 3.8) is 0 Å². The molecule has 1 amide bonds. The summed E-state index contributed by atoms with van der Waals surface area (Å²) < 4.78 is 0. The molecule has 0 bridgehead atoms. The number of likely N-dealkylation sites (N-methyl/N-ethyl adjacent to an activating group) is 1. The Morgan fingerprint density at radius 2 is 2.22 bits per heavy atom. The van der Waals surface area contributed by atoms with Crippen molar-refractivity contribution >= 4 is 17.5 Å². The molecular formula is C17H19ClN4O. The van der Waals surface area contributed by atoms with E-state index in [-0.39, 0.29) is 18.0 Å². The number of amides is 1. The van der Waals surface area contributed by atoms with Crippen LogP contribution in [0.2, 0.25) is 5.02 Å². The minimum absolute atomic E-state index is 0.0610. The summed E-state index contributed by atoms with van der Waals surface area (Å²) in [5, 5.41) is 0.702. The highest BCUT2D eigenvalue weighted by molar-refractivity contribution is 6.30. The number of rotatable bonds is 4. The first-order valence-electron chi connectivity index (χ1n) is 7.54. The minimum Gasteiger partial charge on any atom is -0.340 e. The Bertz CT molecular complexity index is 679. The summed E-state index contributed by atoms with van der Waals surface area (Å²) >= 11 is 6.03. The Kier molecular flexibility index (Phi) is 4.91. The summed E-state index contributed by atoms with van der Waals surface area (Å²) in [6, 6.07) is 11.4. The number of halogens is 1. The SMILES string of the molecule is CN(Cc1cccnc1)C(=O)C1CC(c2cccc(Cl)c2)NN1. The van der Waals surface area contributed by atoms with E-state index in [9.17, 15) is 4.79 Å². The van der Waals surface area contributed by atoms with Crippen molar-refractivity contribution in [2.75, 3.05) is 7.05 Å². The molecule has 23 heavy (non-hydrogen) atoms. The molecule has 6 heteroatoms. The zero-order valence-electron chi connectivity index (χ0n) is 12.9. The highest BCUT2D eigenvalue weighted by Gasteiger charge is 2.31. The van der Waals surface area contributed by atoms with Crippen LogP contribution in [-0.2, 0) is 11.3 Å². The highest BCUT2D eigenvalue weighted by atomic mass is 35.5. The lowest BCUT2D eigenvalue weighted by atomic mass is 10.0. The van der Waals surface area contributed by atoms with E-state index in [4.69, 9.17) is 11.6 Å². The summed E-state index contributed by atoms with van der Waals surface area (Å²) in [6.07, 6.45) is 4.19. The van der Waals surface area contributed by atoms with E-state index in [1.165, 1.54) is 0 Å². The van der Waals surface area contributed by atoms with Gasteiger partial charge in [0.25, 0.3) is 0 Å². The molecule has 1 aromatic carbocycles. The number of benzene rings is 1. The summed E-state index contributed by atoms with van der Waals surface area (Å²) in [7, 11) is 1.81. The molecule has 1 fully saturated rings. The van der Waals surface area contributed by atoms with Gasteiger partial charge in [0.2, 0.25) is 5.91 Å². The molecule has 2 unspecified atom stereocenters. The third kappa shape index (κ3) is 3.88. The van der Waals surface area contributed by atoms with Crippen LogP contribution in [0.1, 0.15) is 23.6 Å². The molecule has 120 valence electrons. The van der Waals surface area contributed by atoms with Crippen LogP contribution in [0.4, 0.5) is 0 Å². The topological polar surface area (TPSA) is 57.3 Å². The zero-order chi connectivity index (χ0) is 16.2. The number of carbonyl (C=O) groups is 1. The van der Waals surface area contributed by atoms with Gasteiger partial charge in [0.05, 0.1) is 0 Å². The third-order valence-electron chi connectivity index (χ3n) is 3.97. The second kappa shape index (κ2) is 7.08. The monoisotopic (exact) mass is 330 g/mol. The second-order valence-electron chi connectivity index (χ2n) is 5.74. The molecule has 0 spiro atoms. The molecule has 1 aliphatic heterocycles. The Balaban J connectivity index is 1.61. The Morgan fingerprint density at radius 3 is 2.96 bits per heavy atom. The number of nitrogens with zero attached hydrogens (tertiary/aromatic N) is 2. The van der Waals surface area contributed by atoms with E-state index in [0.717, 1.165) is 11.1 Å². The maximum Gasteiger partial charge on any atom is 0.241 e. The standard InChI is InChI=1S/C17H19ClN4O/c1-22(11-12-4-3-7-19-10-12)17(23)16-9-15(20-21-16)13-5-2-6-14(18)8-13/h2-8,10,15-16,20-21H,9,11H2,1H3. The molecule has 1 aliphatic rings. The van der Waals surface area contributed by atoms with Crippen molar-refractivity contribution in [2.24, 2.45) is 0 Å². The van der Waals surface area contributed by atoms with E-state index < -0.39 is 0 Å². The fraction of sp³-hybridized carbons (Fsp3) is 0.294. The molecule has 0 radical (unpaired) electrons. The summed E-state index contributed by atoms with van der Waals surface area (Å²) in [6.45, 7) is 0.548. The van der Waals surface area contributed by atoms with E-state index >= 15 is 0 Å². The molecule has 0 saturated carbocycles. The first kappa shape index (κ1) is 15.9. The van der Waals surface area contributed by atoms with Crippen molar-refractivity contribution in [1.29, 1.82) is 0 Å². The molecular weight excluding hydrogens is 312 g/mol. The van der Waals surface area contributed by atoms with Gasteiger partial charge in [0.1, 0.15) is 6.04 Å². The molecule has 3 rings (SSSR count). The lowest BCUT2D eigenvalue weighted by Crippen LogP contribution is -2.43. The molecule has 5 nitrogen and oxygen atoms in total. The van der Waals surface area contributed by atoms with Gasteiger partial charge in [0, 0.05) is 37.1 Å². The zero-order valence-corrected chi connectivity index (χ0v) is 13.6. The maximum absolute atomic E-state index is 12.6. The smallest absolute Gasteiger partial charge is 0.241 e. The van der Waals surface area contributed by atoms with Crippen LogP contribution in [0.5, 0.6) is 0 Å². The van der Waals surface area contributed by atoms with Gasteiger partial charge in [-0.05, 0) is 35.7 Å². The molecule has 1 saturated heterocycles. The van der Waals surface area contributed by atoms with Crippen molar-refractivity contribution in [3.05, 3.63) is 64.9 Å². The van der Waals surface area contributed by atoms with Gasteiger partial charge >= 0.3 is 0 Å². The molecule has 2 atom stereocenters. The molecule has 2 heterocycles. The van der Waals surface area contributed by atoms with Crippen LogP contribution in [-0.4, -0.2) is 28.9 Å². The van der Waals surface area contributed by atoms with Gasteiger partial charge < -0.3 is 4.90 Å². The van der Waals surface area contributed by atoms with E-state index in [1.54, 1.807) is 17.3 Å². The van der Waals surface area contributed by atoms with Gasteiger partial charge in [-0.25, -0.2) is 10.9 Å². The van der Waals surface area contributed by atoms with Gasteiger partial charge in [0.15, 0.2) is 0 Å². The summed E-state index contributed by atoms with van der Waals surface area (Å²) in [4.78, 5) is 18.4. The largest absolute Gasteiger partial charge is 0.340 e. The Hall–Kier alpha value is -1.95. The first-order chi connectivity index (χ1) is 11.1. The van der Waals surface area contributed by atoms with Gasteiger partial charge in [-0.2, -0.15) is 0 Å². The fourth-order valence-corrected chi connectivity index (χ4v) is 2.97. The lowest BCUT2D eigenvalue weighted by Gasteiger charge is -2.20. The highest BCUT2D eigenvalue weighted by Crippen LogP contribution is 2.25. The fourth-order valence-electron chi connectivity index (χ4n) is 2.77. The third-order valence-corrected chi connectivity index (χ3v) is 4.21. The quantitative estimate of drug-likeness (QED) is 0.903. The van der Waals surface area contributed by atoms with Crippen LogP contribution in [0, 0.1) is 0 Å². The number of nitrogens with one attached hydrogen (secondary N) is 2. The number of aromatic nitrogens is 1. The molecule has 2 N–H and O–H groups in total. The van der Waals surface area contributed by atoms with E-state index in [0.29, 0.717) is 18.0 Å². The number of hydrogen-bond donors (Lipinski definition) is 2. The number of hydrogen-bond acceptors (Lipinski definition) is 4. The molecule has 0 aliphatic carbocycles. The normalized spacial score (nSPS) is 20.4. The Morgan fingerprint density at radius 1 is 1.35 bits per heavy atom. The summed E-state index contributed by atoms with van der Waals surface area (Å²) in [5.74, 6) is 0.0610. The van der Waals surface area contributed by atoms with E-state index in [1.807, 2.05) is 43.4 Å². The van der Waals surface area contributed by atoms with Crippen LogP contribution in [0.15, 0.2) is 48.8 Å². The maximum atomic E-state index is 12.6. The average Bonchev–Trinajstić information content (AvgIpc) is 3.05. The van der Waals surface area contributed by atoms with Crippen molar-refractivity contribution in [1.82, 2.24) is 20.7 Å². The van der Waals surface area contributed by atoms with Crippen LogP contribution in [0.3, 0.4) is 0 Å². The summed E-state index contributed by atoms with van der Waals surface area (Å²) in [5.41, 5.74) is 8.37. The van der Waals surface area contributed by atoms with Crippen LogP contribution < -0.4 is 10.9 Å². The van der Waals surface area contributed by atoms with Crippen molar-refractivity contribution in [3.8, 4) is 0 Å². The number of carbonyl (C=O) groups excluding carboxylic acids is 1. The van der Waals surface area contributed by atoms with Crippen LogP contribution in [0.25, 0.3) is 0 Å². The minimum atomic E-state index is -0.249. The average molecular weight is 331 g/mol. The molecule has 1 aromatic heterocycles. The van der Waals surface area contributed by atoms with E-state index in [2.05, 4.69) is 15.8 Å². The van der Waals surface area contributed by atoms with Gasteiger partial charge in [-0.3, -0.25) is 9.78 Å². The van der Waals surface area contributed by atoms with Crippen molar-refractivity contribution < 1.29 is 4.79 Å². The lowest BCUT2D eigenvalue weighted by molar-refractivity contribution is -0.132. The predicted octanol–water partition coefficient (Wildman–Crippen LogP) is 2.30. The Labute approximate surface area is 140 Å².